The highest BCUT2D eigenvalue weighted by Gasteiger charge is 2.24. The summed E-state index contributed by atoms with van der Waals surface area (Å²) in [5.74, 6) is 0. The monoisotopic (exact) mass is 275 g/mol. The lowest BCUT2D eigenvalue weighted by atomic mass is 10.1. The lowest BCUT2D eigenvalue weighted by Gasteiger charge is -2.30. The molecular weight excluding hydrogens is 258 g/mol. The topological polar surface area (TPSA) is 90.4 Å². The number of nitrogens with zero attached hydrogens (tertiary/aromatic N) is 3. The molecule has 0 radical (unpaired) electrons. The number of hydrogen-bond donors (Lipinski definition) is 1. The minimum atomic E-state index is -0.534. The average molecular weight is 275 g/mol. The largest absolute Gasteiger partial charge is 0.395 e. The first-order chi connectivity index (χ1) is 9.67. The van der Waals surface area contributed by atoms with Crippen molar-refractivity contribution in [3.8, 4) is 6.07 Å². The molecule has 0 heterocycles. The highest BCUT2D eigenvalue weighted by molar-refractivity contribution is 5.60. The molecule has 0 amide bonds. The first-order valence-electron chi connectivity index (χ1n) is 6.73. The summed E-state index contributed by atoms with van der Waals surface area (Å²) in [5.41, 5.74) is 0.594. The summed E-state index contributed by atoms with van der Waals surface area (Å²) in [4.78, 5) is 12.5. The summed E-state index contributed by atoms with van der Waals surface area (Å²) >= 11 is 0. The van der Waals surface area contributed by atoms with Crippen LogP contribution in [0.3, 0.4) is 0 Å². The van der Waals surface area contributed by atoms with E-state index in [1.54, 1.807) is 6.07 Å². The minimum absolute atomic E-state index is 0.00426. The van der Waals surface area contributed by atoms with Crippen LogP contribution < -0.4 is 4.90 Å². The van der Waals surface area contributed by atoms with Crippen LogP contribution in [0.25, 0.3) is 0 Å². The second-order valence-corrected chi connectivity index (χ2v) is 4.93. The summed E-state index contributed by atoms with van der Waals surface area (Å²) in [6.07, 6.45) is 4.36. The molecule has 6 nitrogen and oxygen atoms in total. The van der Waals surface area contributed by atoms with Crippen molar-refractivity contribution >= 4 is 11.4 Å². The Bertz CT molecular complexity index is 533. The fourth-order valence-electron chi connectivity index (χ4n) is 2.79. The van der Waals surface area contributed by atoms with Crippen molar-refractivity contribution in [3.63, 3.8) is 0 Å². The van der Waals surface area contributed by atoms with Crippen LogP contribution in [0.1, 0.15) is 31.2 Å². The lowest BCUT2D eigenvalue weighted by molar-refractivity contribution is -0.385. The summed E-state index contributed by atoms with van der Waals surface area (Å²) < 4.78 is 0. The van der Waals surface area contributed by atoms with E-state index >= 15 is 0 Å². The van der Waals surface area contributed by atoms with Crippen LogP contribution in [0.2, 0.25) is 0 Å². The SMILES string of the molecule is N#Cc1ccc(N(CCO)C2CCCC2)cc1[N+](=O)[O-]. The Labute approximate surface area is 117 Å². The van der Waals surface area contributed by atoms with Gasteiger partial charge in [-0.2, -0.15) is 5.26 Å². The Kier molecular flexibility index (Phi) is 4.53. The Hall–Kier alpha value is -2.13. The average Bonchev–Trinajstić information content (AvgIpc) is 2.98. The van der Waals surface area contributed by atoms with Gasteiger partial charge in [-0.1, -0.05) is 12.8 Å². The molecule has 1 aliphatic rings. The molecule has 6 heteroatoms. The Morgan fingerprint density at radius 3 is 2.70 bits per heavy atom. The molecule has 0 spiro atoms. The van der Waals surface area contributed by atoms with Gasteiger partial charge in [0, 0.05) is 24.3 Å². The maximum Gasteiger partial charge on any atom is 0.289 e. The number of hydrogen-bond acceptors (Lipinski definition) is 5. The molecule has 106 valence electrons. The lowest BCUT2D eigenvalue weighted by Crippen LogP contribution is -2.35. The highest BCUT2D eigenvalue weighted by atomic mass is 16.6. The van der Waals surface area contributed by atoms with Crippen molar-refractivity contribution in [1.82, 2.24) is 0 Å². The summed E-state index contributed by atoms with van der Waals surface area (Å²) in [5, 5.41) is 29.1. The minimum Gasteiger partial charge on any atom is -0.395 e. The van der Waals surface area contributed by atoms with Gasteiger partial charge in [-0.15, -0.1) is 0 Å². The molecule has 1 saturated carbocycles. The van der Waals surface area contributed by atoms with E-state index in [-0.39, 0.29) is 17.9 Å². The number of nitriles is 1. The van der Waals surface area contributed by atoms with Gasteiger partial charge < -0.3 is 10.0 Å². The Morgan fingerprint density at radius 1 is 1.45 bits per heavy atom. The number of nitro benzene ring substituents is 1. The maximum absolute atomic E-state index is 11.0. The second kappa shape index (κ2) is 6.35. The van der Waals surface area contributed by atoms with Crippen LogP contribution in [0.5, 0.6) is 0 Å². The molecule has 0 aromatic heterocycles. The first kappa shape index (κ1) is 14.3. The molecule has 1 fully saturated rings. The molecule has 0 aliphatic heterocycles. The van der Waals surface area contributed by atoms with Gasteiger partial charge in [-0.05, 0) is 25.0 Å². The van der Waals surface area contributed by atoms with Crippen LogP contribution in [-0.2, 0) is 0 Å². The van der Waals surface area contributed by atoms with E-state index in [1.807, 2.05) is 11.0 Å². The number of anilines is 1. The van der Waals surface area contributed by atoms with E-state index in [9.17, 15) is 15.2 Å². The molecule has 1 aromatic carbocycles. The third-order valence-electron chi connectivity index (χ3n) is 3.74. The van der Waals surface area contributed by atoms with Crippen LogP contribution in [0.15, 0.2) is 18.2 Å². The predicted octanol–water partition coefficient (Wildman–Crippen LogP) is 2.21. The van der Waals surface area contributed by atoms with Gasteiger partial charge in [0.1, 0.15) is 11.6 Å². The van der Waals surface area contributed by atoms with Gasteiger partial charge in [0.2, 0.25) is 0 Å². The smallest absolute Gasteiger partial charge is 0.289 e. The van der Waals surface area contributed by atoms with Gasteiger partial charge >= 0.3 is 0 Å². The highest BCUT2D eigenvalue weighted by Crippen LogP contribution is 2.31. The number of aliphatic hydroxyl groups is 1. The maximum atomic E-state index is 11.0. The van der Waals surface area contributed by atoms with Crippen molar-refractivity contribution in [2.75, 3.05) is 18.1 Å². The molecule has 0 saturated heterocycles. The normalized spacial score (nSPS) is 15.0. The molecule has 1 aliphatic carbocycles. The quantitative estimate of drug-likeness (QED) is 0.657. The molecule has 2 rings (SSSR count). The van der Waals surface area contributed by atoms with Crippen LogP contribution in [0.4, 0.5) is 11.4 Å². The van der Waals surface area contributed by atoms with Crippen LogP contribution in [0, 0.1) is 21.4 Å². The number of aliphatic hydroxyl groups excluding tert-OH is 1. The first-order valence-corrected chi connectivity index (χ1v) is 6.73. The number of nitro groups is 1. The van der Waals surface area contributed by atoms with E-state index in [1.165, 1.54) is 12.1 Å². The van der Waals surface area contributed by atoms with Gasteiger partial charge in [0.05, 0.1) is 11.5 Å². The van der Waals surface area contributed by atoms with E-state index in [4.69, 9.17) is 5.26 Å². The Balaban J connectivity index is 2.35. The Morgan fingerprint density at radius 2 is 2.15 bits per heavy atom. The van der Waals surface area contributed by atoms with Crippen molar-refractivity contribution in [1.29, 1.82) is 5.26 Å². The van der Waals surface area contributed by atoms with Gasteiger partial charge in [-0.3, -0.25) is 10.1 Å². The van der Waals surface area contributed by atoms with Crippen molar-refractivity contribution < 1.29 is 10.0 Å². The second-order valence-electron chi connectivity index (χ2n) is 4.93. The predicted molar refractivity (Wildman–Crippen MR) is 74.5 cm³/mol. The summed E-state index contributed by atoms with van der Waals surface area (Å²) in [7, 11) is 0. The van der Waals surface area contributed by atoms with Gasteiger partial charge in [-0.25, -0.2) is 0 Å². The van der Waals surface area contributed by atoms with Crippen molar-refractivity contribution in [2.24, 2.45) is 0 Å². The number of benzene rings is 1. The van der Waals surface area contributed by atoms with Gasteiger partial charge in [0.15, 0.2) is 0 Å². The molecule has 1 aromatic rings. The van der Waals surface area contributed by atoms with E-state index in [0.717, 1.165) is 25.7 Å². The van der Waals surface area contributed by atoms with Gasteiger partial charge in [0.25, 0.3) is 5.69 Å². The van der Waals surface area contributed by atoms with Crippen LogP contribution in [-0.4, -0.2) is 29.2 Å². The summed E-state index contributed by atoms with van der Waals surface area (Å²) in [6, 6.07) is 6.79. The van der Waals surface area contributed by atoms with E-state index in [0.29, 0.717) is 18.3 Å². The zero-order valence-corrected chi connectivity index (χ0v) is 11.2. The molecule has 0 bridgehead atoms. The molecule has 1 N–H and O–H groups in total. The molecule has 0 unspecified atom stereocenters. The fraction of sp³-hybridized carbons (Fsp3) is 0.500. The van der Waals surface area contributed by atoms with E-state index < -0.39 is 4.92 Å². The fourth-order valence-corrected chi connectivity index (χ4v) is 2.79. The molecular formula is C14H17N3O3. The number of rotatable bonds is 5. The zero-order valence-electron chi connectivity index (χ0n) is 11.2. The molecule has 20 heavy (non-hydrogen) atoms. The summed E-state index contributed by atoms with van der Waals surface area (Å²) in [6.45, 7) is 0.456. The standard InChI is InChI=1S/C14H17N3O3/c15-10-11-5-6-13(9-14(11)17(19)20)16(7-8-18)12-3-1-2-4-12/h5-6,9,12,18H,1-4,7-8H2. The van der Waals surface area contributed by atoms with Crippen molar-refractivity contribution in [3.05, 3.63) is 33.9 Å². The van der Waals surface area contributed by atoms with E-state index in [2.05, 4.69) is 0 Å². The third-order valence-corrected chi connectivity index (χ3v) is 3.74. The third kappa shape index (κ3) is 2.89. The zero-order chi connectivity index (χ0) is 14.5. The van der Waals surface area contributed by atoms with Crippen molar-refractivity contribution in [2.45, 2.75) is 31.7 Å². The molecule has 0 atom stereocenters. The van der Waals surface area contributed by atoms with Crippen LogP contribution >= 0.6 is 0 Å².